The molecule has 0 unspecified atom stereocenters. The Morgan fingerprint density at radius 2 is 0.792 bits per heavy atom. The van der Waals surface area contributed by atoms with Gasteiger partial charge in [0.25, 0.3) is 0 Å². The van der Waals surface area contributed by atoms with Gasteiger partial charge in [0.1, 0.15) is 19.8 Å². The number of carbonyl (C=O) groups is 7. The summed E-state index contributed by atoms with van der Waals surface area (Å²) in [6, 6.07) is 0. The number of ether oxygens (including phenoxy) is 6. The Labute approximate surface area is 281 Å². The highest BCUT2D eigenvalue weighted by Gasteiger charge is 2.33. The lowest BCUT2D eigenvalue weighted by Gasteiger charge is -2.35. The van der Waals surface area contributed by atoms with Crippen molar-refractivity contribution in [3.8, 4) is 0 Å². The van der Waals surface area contributed by atoms with E-state index in [-0.39, 0.29) is 142 Å². The van der Waals surface area contributed by atoms with Gasteiger partial charge in [-0.2, -0.15) is 0 Å². The standard InChI is InChI=1S/C30H53N5O13/c1-23(36)46-19-16-43-13-10-32-26(39)4-7-30(35-29(42)22-31,8-5-27(40)33-11-14-44-17-20-47-24(2)37)9-6-28(41)34-12-15-45-18-21-48-25(3)38/h4-22,31H2,1-3H3,(H,32,39)(H,33,40)(H,34,41)(H,35,42). The Balaban J connectivity index is 5.15. The summed E-state index contributed by atoms with van der Waals surface area (Å²) in [5.41, 5.74) is 4.45. The fourth-order valence-corrected chi connectivity index (χ4v) is 4.06. The maximum absolute atomic E-state index is 12.7. The number of carbonyl (C=O) groups excluding carboxylic acids is 7. The molecule has 6 N–H and O–H groups in total. The van der Waals surface area contributed by atoms with E-state index in [4.69, 9.17) is 34.2 Å². The molecule has 0 radical (unpaired) electrons. The van der Waals surface area contributed by atoms with Crippen LogP contribution >= 0.6 is 0 Å². The van der Waals surface area contributed by atoms with Crippen LogP contribution < -0.4 is 27.0 Å². The highest BCUT2D eigenvalue weighted by Crippen LogP contribution is 2.26. The summed E-state index contributed by atoms with van der Waals surface area (Å²) >= 11 is 0. The summed E-state index contributed by atoms with van der Waals surface area (Å²) in [5.74, 6) is -2.79. The van der Waals surface area contributed by atoms with Crippen molar-refractivity contribution in [1.29, 1.82) is 0 Å². The number of nitrogens with two attached hydrogens (primary N) is 1. The third-order valence-electron chi connectivity index (χ3n) is 6.39. The molecule has 0 bridgehead atoms. The lowest BCUT2D eigenvalue weighted by Crippen LogP contribution is -2.52. The highest BCUT2D eigenvalue weighted by molar-refractivity contribution is 5.80. The van der Waals surface area contributed by atoms with Crippen LogP contribution in [-0.4, -0.2) is 133 Å². The minimum atomic E-state index is -1.12. The maximum Gasteiger partial charge on any atom is 0.302 e. The summed E-state index contributed by atoms with van der Waals surface area (Å²) in [6.45, 7) is 5.47. The molecule has 18 nitrogen and oxygen atoms in total. The van der Waals surface area contributed by atoms with E-state index < -0.39 is 29.4 Å². The molecule has 0 saturated heterocycles. The molecule has 0 rings (SSSR count). The number of hydrogen-bond acceptors (Lipinski definition) is 14. The second-order valence-corrected chi connectivity index (χ2v) is 10.4. The van der Waals surface area contributed by atoms with E-state index in [1.54, 1.807) is 0 Å². The summed E-state index contributed by atoms with van der Waals surface area (Å²) in [6.07, 6.45) is 0.223. The molecule has 0 aromatic carbocycles. The summed E-state index contributed by atoms with van der Waals surface area (Å²) < 4.78 is 30.2. The van der Waals surface area contributed by atoms with Crippen LogP contribution in [0.1, 0.15) is 59.3 Å². The van der Waals surface area contributed by atoms with Gasteiger partial charge in [0.05, 0.1) is 46.2 Å². The molecular formula is C30H53N5O13. The summed E-state index contributed by atoms with van der Waals surface area (Å²) in [4.78, 5) is 82.9. The number of esters is 3. The zero-order chi connectivity index (χ0) is 36.0. The first-order chi connectivity index (χ1) is 22.9. The van der Waals surface area contributed by atoms with Gasteiger partial charge >= 0.3 is 17.9 Å². The molecule has 0 aliphatic rings. The van der Waals surface area contributed by atoms with Crippen molar-refractivity contribution in [2.75, 3.05) is 85.6 Å². The Hall–Kier alpha value is -3.87. The fraction of sp³-hybridized carbons (Fsp3) is 0.767. The van der Waals surface area contributed by atoms with E-state index in [0.29, 0.717) is 0 Å². The minimum Gasteiger partial charge on any atom is -0.463 e. The second-order valence-electron chi connectivity index (χ2n) is 10.4. The zero-order valence-electron chi connectivity index (χ0n) is 28.3. The van der Waals surface area contributed by atoms with Crippen molar-refractivity contribution >= 4 is 41.5 Å². The van der Waals surface area contributed by atoms with Crippen LogP contribution in [0.15, 0.2) is 0 Å². The van der Waals surface area contributed by atoms with Crippen LogP contribution in [0.25, 0.3) is 0 Å². The van der Waals surface area contributed by atoms with Gasteiger partial charge < -0.3 is 55.4 Å². The minimum absolute atomic E-state index is 0.0338. The number of rotatable bonds is 29. The molecule has 18 heteroatoms. The third-order valence-corrected chi connectivity index (χ3v) is 6.39. The molecule has 0 aliphatic carbocycles. The van der Waals surface area contributed by atoms with Gasteiger partial charge in [-0.25, -0.2) is 0 Å². The predicted molar refractivity (Wildman–Crippen MR) is 169 cm³/mol. The molecule has 276 valence electrons. The van der Waals surface area contributed by atoms with E-state index in [9.17, 15) is 33.6 Å². The lowest BCUT2D eigenvalue weighted by atomic mass is 9.83. The van der Waals surface area contributed by atoms with Gasteiger partial charge in [0.2, 0.25) is 23.6 Å². The average Bonchev–Trinajstić information content (AvgIpc) is 3.03. The molecule has 0 atom stereocenters. The Bertz CT molecular complexity index is 889. The van der Waals surface area contributed by atoms with Crippen LogP contribution in [0.2, 0.25) is 0 Å². The molecule has 0 aliphatic heterocycles. The number of nitrogens with one attached hydrogen (secondary N) is 4. The Kier molecular flexibility index (Phi) is 25.9. The van der Waals surface area contributed by atoms with Crippen molar-refractivity contribution in [1.82, 2.24) is 21.3 Å². The van der Waals surface area contributed by atoms with Crippen molar-refractivity contribution in [2.24, 2.45) is 5.73 Å². The molecule has 0 aromatic heterocycles. The first kappa shape index (κ1) is 44.1. The van der Waals surface area contributed by atoms with Crippen LogP contribution in [0.4, 0.5) is 0 Å². The molecule has 48 heavy (non-hydrogen) atoms. The monoisotopic (exact) mass is 691 g/mol. The second kappa shape index (κ2) is 28.2. The van der Waals surface area contributed by atoms with Crippen molar-refractivity contribution in [3.63, 3.8) is 0 Å². The smallest absolute Gasteiger partial charge is 0.302 e. The van der Waals surface area contributed by atoms with E-state index in [1.165, 1.54) is 20.8 Å². The van der Waals surface area contributed by atoms with Gasteiger partial charge in [0, 0.05) is 65.2 Å². The first-order valence-corrected chi connectivity index (χ1v) is 15.8. The fourth-order valence-electron chi connectivity index (χ4n) is 4.06. The molecule has 4 amide bonds. The molecule has 0 saturated carbocycles. The van der Waals surface area contributed by atoms with E-state index >= 15 is 0 Å². The van der Waals surface area contributed by atoms with Gasteiger partial charge in [-0.3, -0.25) is 33.6 Å². The zero-order valence-corrected chi connectivity index (χ0v) is 28.3. The normalized spacial score (nSPS) is 10.8. The molecule has 0 aromatic rings. The Morgan fingerprint density at radius 1 is 0.479 bits per heavy atom. The largest absolute Gasteiger partial charge is 0.463 e. The van der Waals surface area contributed by atoms with Crippen molar-refractivity contribution in [3.05, 3.63) is 0 Å². The number of hydrogen-bond donors (Lipinski definition) is 5. The van der Waals surface area contributed by atoms with Gasteiger partial charge in [-0.05, 0) is 19.3 Å². The SMILES string of the molecule is CC(=O)OCCOCCNC(=O)CCC(CCC(=O)NCCOCCOC(C)=O)(CCC(=O)NCCOCCOC(C)=O)NC(=O)CN. The van der Waals surface area contributed by atoms with Gasteiger partial charge in [-0.1, -0.05) is 0 Å². The van der Waals surface area contributed by atoms with E-state index in [0.717, 1.165) is 0 Å². The topological polar surface area (TPSA) is 249 Å². The van der Waals surface area contributed by atoms with Crippen LogP contribution in [0.3, 0.4) is 0 Å². The first-order valence-electron chi connectivity index (χ1n) is 15.8. The van der Waals surface area contributed by atoms with Crippen LogP contribution in [-0.2, 0) is 62.0 Å². The molecule has 0 spiro atoms. The molecule has 0 fully saturated rings. The quantitative estimate of drug-likeness (QED) is 0.0331. The van der Waals surface area contributed by atoms with Crippen molar-refractivity contribution < 1.29 is 62.0 Å². The average molecular weight is 692 g/mol. The van der Waals surface area contributed by atoms with Crippen LogP contribution in [0, 0.1) is 0 Å². The lowest BCUT2D eigenvalue weighted by molar-refractivity contribution is -0.143. The molecular weight excluding hydrogens is 638 g/mol. The van der Waals surface area contributed by atoms with E-state index in [2.05, 4.69) is 21.3 Å². The van der Waals surface area contributed by atoms with E-state index in [1.807, 2.05) is 0 Å². The van der Waals surface area contributed by atoms with Crippen LogP contribution in [0.5, 0.6) is 0 Å². The Morgan fingerprint density at radius 3 is 1.06 bits per heavy atom. The third kappa shape index (κ3) is 27.3. The predicted octanol–water partition coefficient (Wildman–Crippen LogP) is -1.77. The van der Waals surface area contributed by atoms with Gasteiger partial charge in [-0.15, -0.1) is 0 Å². The van der Waals surface area contributed by atoms with Gasteiger partial charge in [0.15, 0.2) is 0 Å². The number of amides is 4. The highest BCUT2D eigenvalue weighted by atomic mass is 16.6. The summed E-state index contributed by atoms with van der Waals surface area (Å²) in [7, 11) is 0. The maximum atomic E-state index is 12.7. The summed E-state index contributed by atoms with van der Waals surface area (Å²) in [5, 5.41) is 11.0. The van der Waals surface area contributed by atoms with Crippen molar-refractivity contribution in [2.45, 2.75) is 64.8 Å². The molecule has 0 heterocycles.